The minimum absolute atomic E-state index is 0.0417. The van der Waals surface area contributed by atoms with Crippen molar-refractivity contribution >= 4 is 17.1 Å². The molecule has 1 aromatic heterocycles. The number of Topliss-reactive ketones (excluding diaryl/α,β-unsaturated/α-hetero) is 1. The van der Waals surface area contributed by atoms with E-state index in [0.29, 0.717) is 5.56 Å². The molecule has 82 valence electrons. The molecule has 0 amide bonds. The second-order valence-corrected chi connectivity index (χ2v) is 4.69. The van der Waals surface area contributed by atoms with Gasteiger partial charge in [0.25, 0.3) is 0 Å². The molecule has 16 heavy (non-hydrogen) atoms. The van der Waals surface area contributed by atoms with Gasteiger partial charge in [-0.25, -0.2) is 0 Å². The zero-order valence-corrected chi connectivity index (χ0v) is 9.83. The Bertz CT molecular complexity index is 474. The molecule has 1 atom stereocenters. The average molecular weight is 231 g/mol. The summed E-state index contributed by atoms with van der Waals surface area (Å²) in [5, 5.41) is 3.71. The molecule has 1 heterocycles. The maximum absolute atomic E-state index is 12.2. The highest BCUT2D eigenvalue weighted by molar-refractivity contribution is 7.08. The van der Waals surface area contributed by atoms with Gasteiger partial charge >= 0.3 is 0 Å². The monoisotopic (exact) mass is 231 g/mol. The molecule has 1 aromatic carbocycles. The molecular weight excluding hydrogens is 218 g/mol. The van der Waals surface area contributed by atoms with Crippen molar-refractivity contribution in [2.45, 2.75) is 12.5 Å². The number of thiophene rings is 1. The van der Waals surface area contributed by atoms with Crippen LogP contribution in [0.1, 0.15) is 22.8 Å². The first-order valence-electron chi connectivity index (χ1n) is 5.04. The maximum Gasteiger partial charge on any atom is 0.187 e. The van der Waals surface area contributed by atoms with E-state index in [1.54, 1.807) is 13.0 Å². The van der Waals surface area contributed by atoms with Gasteiger partial charge in [-0.2, -0.15) is 11.3 Å². The Morgan fingerprint density at radius 3 is 2.50 bits per heavy atom. The van der Waals surface area contributed by atoms with E-state index < -0.39 is 5.54 Å². The average Bonchev–Trinajstić information content (AvgIpc) is 2.82. The molecule has 0 saturated heterocycles. The van der Waals surface area contributed by atoms with Crippen LogP contribution in [0.3, 0.4) is 0 Å². The van der Waals surface area contributed by atoms with Crippen molar-refractivity contribution in [1.82, 2.24) is 0 Å². The number of rotatable bonds is 3. The summed E-state index contributed by atoms with van der Waals surface area (Å²) in [6.07, 6.45) is 0. The van der Waals surface area contributed by atoms with E-state index in [4.69, 9.17) is 5.73 Å². The Hall–Kier alpha value is -1.45. The predicted molar refractivity (Wildman–Crippen MR) is 66.6 cm³/mol. The van der Waals surface area contributed by atoms with E-state index in [0.717, 1.165) is 5.56 Å². The Balaban J connectivity index is 2.36. The van der Waals surface area contributed by atoms with Gasteiger partial charge in [-0.1, -0.05) is 30.3 Å². The maximum atomic E-state index is 12.2. The summed E-state index contributed by atoms with van der Waals surface area (Å²) in [4.78, 5) is 12.2. The largest absolute Gasteiger partial charge is 0.315 e. The molecule has 0 aliphatic rings. The lowest BCUT2D eigenvalue weighted by atomic mass is 9.86. The lowest BCUT2D eigenvalue weighted by Gasteiger charge is -2.23. The Labute approximate surface area is 98.7 Å². The zero-order valence-electron chi connectivity index (χ0n) is 9.01. The van der Waals surface area contributed by atoms with Crippen LogP contribution in [0.2, 0.25) is 0 Å². The third-order valence-electron chi connectivity index (χ3n) is 2.63. The Kier molecular flexibility index (Phi) is 2.90. The van der Waals surface area contributed by atoms with Gasteiger partial charge in [0.1, 0.15) is 5.54 Å². The molecule has 1 unspecified atom stereocenters. The third-order valence-corrected chi connectivity index (χ3v) is 3.31. The normalized spacial score (nSPS) is 14.4. The van der Waals surface area contributed by atoms with E-state index >= 15 is 0 Å². The fourth-order valence-electron chi connectivity index (χ4n) is 1.61. The predicted octanol–water partition coefficient (Wildman–Crippen LogP) is 2.80. The molecule has 0 radical (unpaired) electrons. The summed E-state index contributed by atoms with van der Waals surface area (Å²) < 4.78 is 0. The Morgan fingerprint density at radius 1 is 1.25 bits per heavy atom. The van der Waals surface area contributed by atoms with E-state index in [9.17, 15) is 4.79 Å². The molecule has 0 aliphatic heterocycles. The molecule has 0 saturated carbocycles. The van der Waals surface area contributed by atoms with Crippen LogP contribution >= 0.6 is 11.3 Å². The van der Waals surface area contributed by atoms with Gasteiger partial charge in [0.05, 0.1) is 0 Å². The number of ketones is 1. The number of carbonyl (C=O) groups is 1. The minimum Gasteiger partial charge on any atom is -0.315 e. The summed E-state index contributed by atoms with van der Waals surface area (Å²) in [6.45, 7) is 1.75. The van der Waals surface area contributed by atoms with Crippen LogP contribution in [0.5, 0.6) is 0 Å². The minimum atomic E-state index is -0.956. The van der Waals surface area contributed by atoms with Crippen LogP contribution in [0.25, 0.3) is 0 Å². The molecule has 2 nitrogen and oxygen atoms in total. The van der Waals surface area contributed by atoms with E-state index in [2.05, 4.69) is 0 Å². The third kappa shape index (κ3) is 1.92. The standard InChI is InChI=1S/C13H13NOS/c1-13(14,11-5-3-2-4-6-11)12(15)10-7-8-16-9-10/h2-9H,14H2,1H3. The number of hydrogen-bond acceptors (Lipinski definition) is 3. The molecule has 2 aromatic rings. The van der Waals surface area contributed by atoms with E-state index in [1.165, 1.54) is 11.3 Å². The van der Waals surface area contributed by atoms with Crippen LogP contribution in [-0.2, 0) is 5.54 Å². The van der Waals surface area contributed by atoms with Crippen molar-refractivity contribution in [2.24, 2.45) is 5.73 Å². The fraction of sp³-hybridized carbons (Fsp3) is 0.154. The van der Waals surface area contributed by atoms with Crippen molar-refractivity contribution in [2.75, 3.05) is 0 Å². The van der Waals surface area contributed by atoms with Gasteiger partial charge in [0.2, 0.25) is 0 Å². The molecule has 0 fully saturated rings. The van der Waals surface area contributed by atoms with Crippen LogP contribution in [0, 0.1) is 0 Å². The SMILES string of the molecule is CC(N)(C(=O)c1ccsc1)c1ccccc1. The summed E-state index contributed by atoms with van der Waals surface area (Å²) in [5.74, 6) is -0.0417. The summed E-state index contributed by atoms with van der Waals surface area (Å²) in [6, 6.07) is 11.3. The molecule has 0 bridgehead atoms. The van der Waals surface area contributed by atoms with Gasteiger partial charge in [-0.05, 0) is 23.9 Å². The van der Waals surface area contributed by atoms with Crippen molar-refractivity contribution in [1.29, 1.82) is 0 Å². The van der Waals surface area contributed by atoms with E-state index in [1.807, 2.05) is 41.1 Å². The molecule has 0 spiro atoms. The lowest BCUT2D eigenvalue weighted by Crippen LogP contribution is -2.41. The first kappa shape index (κ1) is 11.0. The number of carbonyl (C=O) groups excluding carboxylic acids is 1. The van der Waals surface area contributed by atoms with Crippen molar-refractivity contribution in [3.63, 3.8) is 0 Å². The van der Waals surface area contributed by atoms with Gasteiger partial charge in [-0.15, -0.1) is 0 Å². The highest BCUT2D eigenvalue weighted by atomic mass is 32.1. The van der Waals surface area contributed by atoms with Gasteiger partial charge < -0.3 is 5.73 Å². The molecule has 0 aliphatic carbocycles. The van der Waals surface area contributed by atoms with Crippen LogP contribution < -0.4 is 5.73 Å². The van der Waals surface area contributed by atoms with Crippen LogP contribution in [-0.4, -0.2) is 5.78 Å². The van der Waals surface area contributed by atoms with Crippen molar-refractivity contribution < 1.29 is 4.79 Å². The van der Waals surface area contributed by atoms with Crippen molar-refractivity contribution in [3.8, 4) is 0 Å². The lowest BCUT2D eigenvalue weighted by molar-refractivity contribution is 0.0900. The second-order valence-electron chi connectivity index (χ2n) is 3.91. The first-order chi connectivity index (χ1) is 7.62. The zero-order chi connectivity index (χ0) is 11.6. The Morgan fingerprint density at radius 2 is 1.94 bits per heavy atom. The van der Waals surface area contributed by atoms with Crippen molar-refractivity contribution in [3.05, 3.63) is 58.3 Å². The smallest absolute Gasteiger partial charge is 0.187 e. The molecule has 3 heteroatoms. The van der Waals surface area contributed by atoms with Gasteiger partial charge in [0, 0.05) is 10.9 Å². The first-order valence-corrected chi connectivity index (χ1v) is 5.98. The number of nitrogens with two attached hydrogens (primary N) is 1. The summed E-state index contributed by atoms with van der Waals surface area (Å²) >= 11 is 1.50. The topological polar surface area (TPSA) is 43.1 Å². The highest BCUT2D eigenvalue weighted by Gasteiger charge is 2.31. The van der Waals surface area contributed by atoms with E-state index in [-0.39, 0.29) is 5.78 Å². The quantitative estimate of drug-likeness (QED) is 0.825. The fourth-order valence-corrected chi connectivity index (χ4v) is 2.24. The molecule has 2 N–H and O–H groups in total. The van der Waals surface area contributed by atoms with Crippen LogP contribution in [0.4, 0.5) is 0 Å². The summed E-state index contributed by atoms with van der Waals surface area (Å²) in [7, 11) is 0. The summed E-state index contributed by atoms with van der Waals surface area (Å²) in [5.41, 5.74) is 6.69. The molecule has 2 rings (SSSR count). The van der Waals surface area contributed by atoms with Crippen LogP contribution in [0.15, 0.2) is 47.2 Å². The molecular formula is C13H13NOS. The highest BCUT2D eigenvalue weighted by Crippen LogP contribution is 2.23. The number of hydrogen-bond donors (Lipinski definition) is 1. The second kappa shape index (κ2) is 4.20. The van der Waals surface area contributed by atoms with Gasteiger partial charge in [-0.3, -0.25) is 4.79 Å². The van der Waals surface area contributed by atoms with Gasteiger partial charge in [0.15, 0.2) is 5.78 Å². The number of benzene rings is 1.